The number of nitrogens with zero attached hydrogens (tertiary/aromatic N) is 3. The molecule has 0 saturated carbocycles. The summed E-state index contributed by atoms with van der Waals surface area (Å²) >= 11 is 1.26. The highest BCUT2D eigenvalue weighted by molar-refractivity contribution is 7.99. The third-order valence-electron chi connectivity index (χ3n) is 5.61. The molecule has 0 radical (unpaired) electrons. The highest BCUT2D eigenvalue weighted by atomic mass is 32.2. The van der Waals surface area contributed by atoms with E-state index in [9.17, 15) is 30.0 Å². The monoisotopic (exact) mass is 588 g/mol. The first kappa shape index (κ1) is 28.3. The highest BCUT2D eigenvalue weighted by Crippen LogP contribution is 2.33. The summed E-state index contributed by atoms with van der Waals surface area (Å²) in [5.41, 5.74) is -0.582. The number of hydrogen-bond donors (Lipinski definition) is 1. The number of halogens is 3. The third-order valence-corrected chi connectivity index (χ3v) is 10.1. The smallest absolute Gasteiger partial charge is 0.379 e. The Morgan fingerprint density at radius 3 is 2.24 bits per heavy atom. The molecule has 0 bridgehead atoms. The predicted octanol–water partition coefficient (Wildman–Crippen LogP) is 4.09. The quantitative estimate of drug-likeness (QED) is 0.439. The second kappa shape index (κ2) is 10.8. The summed E-state index contributed by atoms with van der Waals surface area (Å²) in [6.45, 7) is 4.20. The van der Waals surface area contributed by atoms with E-state index >= 15 is 0 Å². The van der Waals surface area contributed by atoms with Gasteiger partial charge in [0.1, 0.15) is 0 Å². The van der Waals surface area contributed by atoms with Gasteiger partial charge in [-0.05, 0) is 61.9 Å². The summed E-state index contributed by atoms with van der Waals surface area (Å²) in [6.07, 6.45) is -3.19. The van der Waals surface area contributed by atoms with Crippen LogP contribution in [0.2, 0.25) is 0 Å². The molecule has 0 aliphatic carbocycles. The lowest BCUT2D eigenvalue weighted by Crippen LogP contribution is -2.40. The zero-order valence-corrected chi connectivity index (χ0v) is 22.6. The number of benzene rings is 2. The van der Waals surface area contributed by atoms with Gasteiger partial charge >= 0.3 is 6.18 Å². The molecule has 2 heterocycles. The summed E-state index contributed by atoms with van der Waals surface area (Å²) in [6, 6.07) is 8.68. The molecule has 2 aromatic carbocycles. The molecule has 1 N–H and O–H groups in total. The molecule has 1 fully saturated rings. The number of alkyl halides is 3. The highest BCUT2D eigenvalue weighted by Gasteiger charge is 2.32. The fourth-order valence-corrected chi connectivity index (χ4v) is 7.06. The molecule has 3 aromatic rings. The average Bonchev–Trinajstić information content (AvgIpc) is 2.85. The van der Waals surface area contributed by atoms with E-state index in [1.165, 1.54) is 41.3 Å². The molecule has 1 aliphatic heterocycles. The third kappa shape index (κ3) is 6.29. The van der Waals surface area contributed by atoms with Gasteiger partial charge in [0.2, 0.25) is 16.0 Å². The lowest BCUT2D eigenvalue weighted by Gasteiger charge is -2.26. The first-order chi connectivity index (χ1) is 17.8. The number of aryl methyl sites for hydroxylation is 2. The van der Waals surface area contributed by atoms with Crippen LogP contribution in [-0.4, -0.2) is 57.4 Å². The number of anilines is 1. The zero-order valence-electron chi connectivity index (χ0n) is 20.2. The Morgan fingerprint density at radius 2 is 1.66 bits per heavy atom. The van der Waals surface area contributed by atoms with Crippen LogP contribution in [0.5, 0.6) is 0 Å². The Morgan fingerprint density at radius 1 is 1.00 bits per heavy atom. The maximum atomic E-state index is 12.9. The van der Waals surface area contributed by atoms with E-state index < -0.39 is 31.8 Å². The van der Waals surface area contributed by atoms with Crippen LogP contribution in [0.25, 0.3) is 0 Å². The molecule has 1 aliphatic rings. The fraction of sp³-hybridized carbons (Fsp3) is 0.304. The molecule has 4 rings (SSSR count). The Kier molecular flexibility index (Phi) is 8.04. The van der Waals surface area contributed by atoms with Crippen molar-refractivity contribution in [3.8, 4) is 0 Å². The SMILES string of the molecule is Cc1cc(C(F)(F)F)ccc1S(=O)(=O)Nc1ncc(Sc2ccc(S(=O)(=O)N3CCOCC3)cc2)c(C)n1. The maximum absolute atomic E-state index is 12.9. The molecule has 0 unspecified atom stereocenters. The van der Waals surface area contributed by atoms with E-state index in [4.69, 9.17) is 4.74 Å². The van der Waals surface area contributed by atoms with Crippen LogP contribution in [0.3, 0.4) is 0 Å². The van der Waals surface area contributed by atoms with Crippen LogP contribution in [0, 0.1) is 13.8 Å². The molecule has 0 spiro atoms. The van der Waals surface area contributed by atoms with E-state index in [-0.39, 0.29) is 21.3 Å². The van der Waals surface area contributed by atoms with E-state index in [1.807, 2.05) is 0 Å². The van der Waals surface area contributed by atoms with Gasteiger partial charge < -0.3 is 4.74 Å². The lowest BCUT2D eigenvalue weighted by atomic mass is 10.1. The number of ether oxygens (including phenoxy) is 1. The Bertz CT molecular complexity index is 1540. The topological polar surface area (TPSA) is 119 Å². The molecule has 204 valence electrons. The summed E-state index contributed by atoms with van der Waals surface area (Å²) in [5.74, 6) is -0.238. The van der Waals surface area contributed by atoms with Gasteiger partial charge in [-0.15, -0.1) is 0 Å². The molecule has 1 saturated heterocycles. The average molecular weight is 589 g/mol. The van der Waals surface area contributed by atoms with Gasteiger partial charge in [-0.25, -0.2) is 31.5 Å². The van der Waals surface area contributed by atoms with E-state index in [2.05, 4.69) is 14.7 Å². The zero-order chi connectivity index (χ0) is 27.7. The Labute approximate surface area is 222 Å². The van der Waals surface area contributed by atoms with Crippen molar-refractivity contribution in [2.45, 2.75) is 39.6 Å². The summed E-state index contributed by atoms with van der Waals surface area (Å²) in [5, 5.41) is 0. The van der Waals surface area contributed by atoms with Gasteiger partial charge in [-0.3, -0.25) is 0 Å². The summed E-state index contributed by atoms with van der Waals surface area (Å²) in [7, 11) is -7.86. The number of rotatable bonds is 7. The van der Waals surface area contributed by atoms with Crippen LogP contribution in [0.15, 0.2) is 68.2 Å². The molecule has 1 aromatic heterocycles. The van der Waals surface area contributed by atoms with Crippen molar-refractivity contribution in [3.63, 3.8) is 0 Å². The van der Waals surface area contributed by atoms with Gasteiger partial charge in [-0.1, -0.05) is 11.8 Å². The molecule has 0 atom stereocenters. The van der Waals surface area contributed by atoms with Gasteiger partial charge in [-0.2, -0.15) is 17.5 Å². The van der Waals surface area contributed by atoms with Crippen molar-refractivity contribution in [1.29, 1.82) is 0 Å². The summed E-state index contributed by atoms with van der Waals surface area (Å²) < 4.78 is 98.6. The molecule has 0 amide bonds. The largest absolute Gasteiger partial charge is 0.416 e. The van der Waals surface area contributed by atoms with Gasteiger partial charge in [0, 0.05) is 24.2 Å². The first-order valence-electron chi connectivity index (χ1n) is 11.2. The van der Waals surface area contributed by atoms with Crippen LogP contribution in [0.4, 0.5) is 19.1 Å². The number of nitrogens with one attached hydrogen (secondary N) is 1. The molecule has 38 heavy (non-hydrogen) atoms. The molecular formula is C23H23F3N4O5S3. The number of aromatic nitrogens is 2. The van der Waals surface area contributed by atoms with Gasteiger partial charge in [0.15, 0.2) is 0 Å². The number of sulfonamides is 2. The van der Waals surface area contributed by atoms with Crippen LogP contribution in [-0.2, 0) is 31.0 Å². The van der Waals surface area contributed by atoms with Crippen molar-refractivity contribution in [2.75, 3.05) is 31.0 Å². The maximum Gasteiger partial charge on any atom is 0.416 e. The van der Waals surface area contributed by atoms with Crippen molar-refractivity contribution < 1.29 is 34.7 Å². The molecule has 15 heteroatoms. The first-order valence-corrected chi connectivity index (χ1v) is 14.9. The Hall–Kier alpha value is -2.72. The van der Waals surface area contributed by atoms with Crippen molar-refractivity contribution in [3.05, 3.63) is 65.5 Å². The van der Waals surface area contributed by atoms with E-state index in [1.54, 1.807) is 19.1 Å². The van der Waals surface area contributed by atoms with Crippen LogP contribution >= 0.6 is 11.8 Å². The Balaban J connectivity index is 1.47. The second-order valence-electron chi connectivity index (χ2n) is 8.32. The number of morpholine rings is 1. The summed E-state index contributed by atoms with van der Waals surface area (Å²) in [4.78, 5) is 9.36. The van der Waals surface area contributed by atoms with Gasteiger partial charge in [0.25, 0.3) is 10.0 Å². The molecule has 9 nitrogen and oxygen atoms in total. The van der Waals surface area contributed by atoms with Gasteiger partial charge in [0.05, 0.1) is 39.2 Å². The van der Waals surface area contributed by atoms with Crippen LogP contribution < -0.4 is 4.72 Å². The number of hydrogen-bond acceptors (Lipinski definition) is 8. The minimum absolute atomic E-state index is 0.0738. The fourth-order valence-electron chi connectivity index (χ4n) is 3.65. The lowest BCUT2D eigenvalue weighted by molar-refractivity contribution is -0.137. The standard InChI is InChI=1S/C23H23F3N4O5S3/c1-15-13-17(23(24,25)26)3-8-21(15)37(31,32)29-22-27-14-20(16(2)28-22)36-18-4-6-19(7-5-18)38(33,34)30-9-11-35-12-10-30/h3-8,13-14H,9-12H2,1-2H3,(H,27,28,29). The second-order valence-corrected chi connectivity index (χ2v) is 13.0. The molecular weight excluding hydrogens is 565 g/mol. The van der Waals surface area contributed by atoms with Crippen molar-refractivity contribution >= 4 is 37.8 Å². The minimum atomic E-state index is -4.59. The predicted molar refractivity (Wildman–Crippen MR) is 134 cm³/mol. The van der Waals surface area contributed by atoms with Crippen molar-refractivity contribution in [2.24, 2.45) is 0 Å². The normalized spacial score (nSPS) is 15.4. The van der Waals surface area contributed by atoms with Crippen LogP contribution in [0.1, 0.15) is 16.8 Å². The minimum Gasteiger partial charge on any atom is -0.379 e. The van der Waals surface area contributed by atoms with E-state index in [0.29, 0.717) is 47.9 Å². The van der Waals surface area contributed by atoms with E-state index in [0.717, 1.165) is 12.1 Å². The van der Waals surface area contributed by atoms with Crippen molar-refractivity contribution in [1.82, 2.24) is 14.3 Å².